The maximum absolute atomic E-state index is 4.66. The van der Waals surface area contributed by atoms with E-state index in [1.165, 1.54) is 0 Å². The number of rotatable bonds is 6. The van der Waals surface area contributed by atoms with Crippen molar-refractivity contribution in [2.24, 2.45) is 0 Å². The van der Waals surface area contributed by atoms with Gasteiger partial charge in [0.25, 0.3) is 0 Å². The summed E-state index contributed by atoms with van der Waals surface area (Å²) in [5.74, 6) is 0.691. The molecule has 130 valence electrons. The highest BCUT2D eigenvalue weighted by Crippen LogP contribution is 2.29. The van der Waals surface area contributed by atoms with Crippen molar-refractivity contribution < 1.29 is 0 Å². The van der Waals surface area contributed by atoms with Gasteiger partial charge in [-0.2, -0.15) is 0 Å². The number of anilines is 1. The van der Waals surface area contributed by atoms with Crippen LogP contribution in [0.25, 0.3) is 21.1 Å². The largest absolute Gasteiger partial charge is 0.353 e. The van der Waals surface area contributed by atoms with Crippen LogP contribution in [-0.4, -0.2) is 42.1 Å². The van der Waals surface area contributed by atoms with Gasteiger partial charge in [0.15, 0.2) is 0 Å². The summed E-state index contributed by atoms with van der Waals surface area (Å²) in [6, 6.07) is 10.3. The quantitative estimate of drug-likeness (QED) is 0.523. The normalized spacial score (nSPS) is 10.1. The van der Waals surface area contributed by atoms with E-state index in [0.29, 0.717) is 5.95 Å². The topological polar surface area (TPSA) is 41.0 Å². The molecule has 24 heavy (non-hydrogen) atoms. The molecule has 0 atom stereocenters. The molecule has 0 radical (unpaired) electrons. The Kier molecular flexibility index (Phi) is 9.07. The van der Waals surface area contributed by atoms with Crippen molar-refractivity contribution in [3.05, 3.63) is 41.1 Å². The molecule has 3 aromatic rings. The molecule has 0 aliphatic carbocycles. The molecular weight excluding hydrogens is 472 g/mol. The van der Waals surface area contributed by atoms with Crippen molar-refractivity contribution in [1.82, 2.24) is 14.9 Å². The zero-order chi connectivity index (χ0) is 15.4. The van der Waals surface area contributed by atoms with Gasteiger partial charge in [-0.25, -0.2) is 9.97 Å². The minimum Gasteiger partial charge on any atom is -0.353 e. The summed E-state index contributed by atoms with van der Waals surface area (Å²) in [6.45, 7) is 1.77. The van der Waals surface area contributed by atoms with E-state index >= 15 is 0 Å². The van der Waals surface area contributed by atoms with E-state index in [2.05, 4.69) is 63.2 Å². The first-order valence-electron chi connectivity index (χ1n) is 7.08. The maximum atomic E-state index is 4.66. The van der Waals surface area contributed by atoms with Crippen LogP contribution >= 0.6 is 56.6 Å². The van der Waals surface area contributed by atoms with Crippen LogP contribution < -0.4 is 5.32 Å². The fourth-order valence-electron chi connectivity index (χ4n) is 2.02. The number of hydrogen-bond acceptors (Lipinski definition) is 6. The van der Waals surface area contributed by atoms with Crippen LogP contribution in [0.1, 0.15) is 0 Å². The minimum atomic E-state index is 0. The minimum absolute atomic E-state index is 0. The summed E-state index contributed by atoms with van der Waals surface area (Å²) in [4.78, 5) is 13.8. The third-order valence-electron chi connectivity index (χ3n) is 3.12. The predicted molar refractivity (Wildman–Crippen MR) is 116 cm³/mol. The van der Waals surface area contributed by atoms with Crippen molar-refractivity contribution in [2.75, 3.05) is 32.5 Å². The van der Waals surface area contributed by atoms with Gasteiger partial charge < -0.3 is 10.2 Å². The molecule has 1 N–H and O–H groups in total. The van der Waals surface area contributed by atoms with Crippen molar-refractivity contribution in [2.45, 2.75) is 0 Å². The molecule has 0 aromatic carbocycles. The fraction of sp³-hybridized carbons (Fsp3) is 0.250. The molecule has 3 aromatic heterocycles. The van der Waals surface area contributed by atoms with Gasteiger partial charge in [0, 0.05) is 13.1 Å². The molecule has 3 heterocycles. The average molecular weight is 492 g/mol. The van der Waals surface area contributed by atoms with Gasteiger partial charge in [0.2, 0.25) is 5.95 Å². The molecule has 0 fully saturated rings. The lowest BCUT2D eigenvalue weighted by Crippen LogP contribution is -2.21. The molecule has 0 amide bonds. The van der Waals surface area contributed by atoms with Crippen LogP contribution in [0, 0.1) is 0 Å². The van der Waals surface area contributed by atoms with Crippen molar-refractivity contribution in [1.29, 1.82) is 0 Å². The van der Waals surface area contributed by atoms with Gasteiger partial charge in [0.05, 0.1) is 21.1 Å². The summed E-state index contributed by atoms with van der Waals surface area (Å²) in [5, 5.41) is 7.47. The molecule has 0 saturated heterocycles. The Hall–Kier alpha value is -0.800. The number of nitrogens with one attached hydrogen (secondary N) is 1. The second-order valence-electron chi connectivity index (χ2n) is 5.15. The Morgan fingerprint density at radius 1 is 0.958 bits per heavy atom. The third kappa shape index (κ3) is 5.63. The van der Waals surface area contributed by atoms with Crippen molar-refractivity contribution >= 4 is 62.6 Å². The zero-order valence-corrected chi connectivity index (χ0v) is 18.5. The van der Waals surface area contributed by atoms with Crippen molar-refractivity contribution in [3.63, 3.8) is 0 Å². The van der Waals surface area contributed by atoms with Gasteiger partial charge in [0.1, 0.15) is 0 Å². The van der Waals surface area contributed by atoms with E-state index in [1.807, 2.05) is 12.1 Å². The summed E-state index contributed by atoms with van der Waals surface area (Å²) < 4.78 is 0. The van der Waals surface area contributed by atoms with Crippen LogP contribution in [0.15, 0.2) is 41.1 Å². The summed E-state index contributed by atoms with van der Waals surface area (Å²) in [7, 11) is 4.11. The second kappa shape index (κ2) is 10.2. The van der Waals surface area contributed by atoms with Crippen LogP contribution in [0.2, 0.25) is 0 Å². The molecule has 0 bridgehead atoms. The molecular formula is C16H20Br2N4S2. The summed E-state index contributed by atoms with van der Waals surface area (Å²) in [5.41, 5.74) is 1.95. The van der Waals surface area contributed by atoms with E-state index in [-0.39, 0.29) is 34.0 Å². The maximum Gasteiger partial charge on any atom is 0.223 e. The standard InChI is InChI=1S/C16H18N4S2.2BrH/c1-20(2)8-7-17-16-18-12(14-5-3-9-21-14)11-13(19-16)15-6-4-10-22-15;;/h3-6,9-11H,7-8H2,1-2H3,(H,17,18,19);2*1H. The molecule has 0 saturated carbocycles. The second-order valence-corrected chi connectivity index (χ2v) is 7.04. The van der Waals surface area contributed by atoms with E-state index in [9.17, 15) is 0 Å². The number of thiophene rings is 2. The Bertz CT molecular complexity index is 663. The van der Waals surface area contributed by atoms with Crippen molar-refractivity contribution in [3.8, 4) is 21.1 Å². The van der Waals surface area contributed by atoms with Gasteiger partial charge >= 0.3 is 0 Å². The first kappa shape index (κ1) is 21.2. The first-order chi connectivity index (χ1) is 10.7. The molecule has 0 unspecified atom stereocenters. The van der Waals surface area contributed by atoms with Crippen LogP contribution in [-0.2, 0) is 0 Å². The number of nitrogens with zero attached hydrogens (tertiary/aromatic N) is 3. The summed E-state index contributed by atoms with van der Waals surface area (Å²) in [6.07, 6.45) is 0. The van der Waals surface area contributed by atoms with Gasteiger partial charge in [-0.1, -0.05) is 12.1 Å². The Labute approximate surface area is 171 Å². The lowest BCUT2D eigenvalue weighted by Gasteiger charge is -2.11. The Balaban J connectivity index is 0.00000144. The molecule has 8 heteroatoms. The molecule has 0 spiro atoms. The van der Waals surface area contributed by atoms with Gasteiger partial charge in [-0.3, -0.25) is 0 Å². The number of hydrogen-bond donors (Lipinski definition) is 1. The number of likely N-dealkylation sites (N-methyl/N-ethyl adjacent to an activating group) is 1. The number of aromatic nitrogens is 2. The van der Waals surface area contributed by atoms with Crippen LogP contribution in [0.3, 0.4) is 0 Å². The smallest absolute Gasteiger partial charge is 0.223 e. The zero-order valence-electron chi connectivity index (χ0n) is 13.4. The highest BCUT2D eigenvalue weighted by Gasteiger charge is 2.09. The first-order valence-corrected chi connectivity index (χ1v) is 8.84. The monoisotopic (exact) mass is 490 g/mol. The molecule has 0 aliphatic rings. The Morgan fingerprint density at radius 2 is 1.50 bits per heavy atom. The Morgan fingerprint density at radius 3 is 1.92 bits per heavy atom. The summed E-state index contributed by atoms with van der Waals surface area (Å²) >= 11 is 3.39. The highest BCUT2D eigenvalue weighted by molar-refractivity contribution is 8.93. The fourth-order valence-corrected chi connectivity index (χ4v) is 3.39. The van der Waals surface area contributed by atoms with E-state index in [1.54, 1.807) is 22.7 Å². The molecule has 4 nitrogen and oxygen atoms in total. The van der Waals surface area contributed by atoms with E-state index in [0.717, 1.165) is 34.2 Å². The lowest BCUT2D eigenvalue weighted by molar-refractivity contribution is 0.425. The van der Waals surface area contributed by atoms with E-state index in [4.69, 9.17) is 0 Å². The highest BCUT2D eigenvalue weighted by atomic mass is 79.9. The lowest BCUT2D eigenvalue weighted by atomic mass is 10.2. The van der Waals surface area contributed by atoms with Crippen LogP contribution in [0.4, 0.5) is 5.95 Å². The molecule has 3 rings (SSSR count). The van der Waals surface area contributed by atoms with Crippen LogP contribution in [0.5, 0.6) is 0 Å². The molecule has 0 aliphatic heterocycles. The van der Waals surface area contributed by atoms with E-state index < -0.39 is 0 Å². The van der Waals surface area contributed by atoms with Gasteiger partial charge in [-0.15, -0.1) is 56.6 Å². The SMILES string of the molecule is Br.Br.CN(C)CCNc1nc(-c2cccs2)cc(-c2cccs2)n1. The van der Waals surface area contributed by atoms with Gasteiger partial charge in [-0.05, 0) is 43.1 Å². The number of halogens is 2. The predicted octanol–water partition coefficient (Wildman–Crippen LogP) is 5.06. The third-order valence-corrected chi connectivity index (χ3v) is 4.90. The average Bonchev–Trinajstić information content (AvgIpc) is 3.20.